The van der Waals surface area contributed by atoms with Gasteiger partial charge in [-0.2, -0.15) is 0 Å². The van der Waals surface area contributed by atoms with E-state index in [1.807, 2.05) is 31.2 Å². The lowest BCUT2D eigenvalue weighted by molar-refractivity contribution is 1.24. The van der Waals surface area contributed by atoms with Gasteiger partial charge < -0.3 is 5.73 Å². The molecule has 1 nitrogen and oxygen atoms in total. The predicted molar refractivity (Wildman–Crippen MR) is 65.0 cm³/mol. The first kappa shape index (κ1) is 11.4. The fourth-order valence-electron chi connectivity index (χ4n) is 1.12. The van der Waals surface area contributed by atoms with Crippen molar-refractivity contribution in [1.29, 1.82) is 0 Å². The van der Waals surface area contributed by atoms with Crippen LogP contribution in [0.25, 0.3) is 6.08 Å². The lowest BCUT2D eigenvalue weighted by atomic mass is 10.1. The van der Waals surface area contributed by atoms with Crippen molar-refractivity contribution < 1.29 is 0 Å². The lowest BCUT2D eigenvalue weighted by Crippen LogP contribution is -1.91. The first-order chi connectivity index (χ1) is 6.66. The number of hydrogen-bond acceptors (Lipinski definition) is 1. The van der Waals surface area contributed by atoms with Gasteiger partial charge in [-0.05, 0) is 30.5 Å². The Balaban J connectivity index is 2.94. The molecule has 2 N–H and O–H groups in total. The Bertz CT molecular complexity index is 345. The van der Waals surface area contributed by atoms with E-state index in [0.717, 1.165) is 28.3 Å². The van der Waals surface area contributed by atoms with Crippen molar-refractivity contribution in [3.05, 3.63) is 34.4 Å². The zero-order valence-corrected chi connectivity index (χ0v) is 9.57. The summed E-state index contributed by atoms with van der Waals surface area (Å²) in [5.41, 5.74) is 8.36. The summed E-state index contributed by atoms with van der Waals surface area (Å²) in [5.74, 6) is 0.627. The Morgan fingerprint density at radius 1 is 1.43 bits per heavy atom. The van der Waals surface area contributed by atoms with Crippen LogP contribution in [0.4, 0.5) is 5.69 Å². The topological polar surface area (TPSA) is 26.0 Å². The Kier molecular flexibility index (Phi) is 4.30. The number of anilines is 1. The van der Waals surface area contributed by atoms with Crippen LogP contribution in [0.15, 0.2) is 18.2 Å². The van der Waals surface area contributed by atoms with E-state index >= 15 is 0 Å². The number of nitrogen functional groups attached to an aromatic ring is 1. The van der Waals surface area contributed by atoms with Crippen molar-refractivity contribution in [3.63, 3.8) is 0 Å². The summed E-state index contributed by atoms with van der Waals surface area (Å²) in [4.78, 5) is 0. The van der Waals surface area contributed by atoms with Gasteiger partial charge in [0, 0.05) is 11.6 Å². The summed E-state index contributed by atoms with van der Waals surface area (Å²) >= 11 is 11.7. The van der Waals surface area contributed by atoms with E-state index in [1.165, 1.54) is 0 Å². The average molecular weight is 230 g/mol. The van der Waals surface area contributed by atoms with Crippen LogP contribution in [0.3, 0.4) is 0 Å². The Labute approximate surface area is 94.5 Å². The van der Waals surface area contributed by atoms with Gasteiger partial charge in [0.1, 0.15) is 0 Å². The molecule has 0 radical (unpaired) electrons. The zero-order valence-electron chi connectivity index (χ0n) is 8.06. The van der Waals surface area contributed by atoms with Crippen LogP contribution >= 0.6 is 23.2 Å². The van der Waals surface area contributed by atoms with Crippen LogP contribution in [0.1, 0.15) is 17.5 Å². The van der Waals surface area contributed by atoms with E-state index in [1.54, 1.807) is 0 Å². The predicted octanol–water partition coefficient (Wildman–Crippen LogP) is 3.87. The molecule has 1 aromatic rings. The van der Waals surface area contributed by atoms with Crippen molar-refractivity contribution >= 4 is 35.0 Å². The lowest BCUT2D eigenvalue weighted by Gasteiger charge is -2.05. The molecule has 76 valence electrons. The second-order valence-electron chi connectivity index (χ2n) is 3.06. The minimum absolute atomic E-state index is 0.627. The zero-order chi connectivity index (χ0) is 10.6. The first-order valence-electron chi connectivity index (χ1n) is 4.44. The van der Waals surface area contributed by atoms with Gasteiger partial charge in [-0.15, -0.1) is 11.6 Å². The van der Waals surface area contributed by atoms with Gasteiger partial charge in [0.15, 0.2) is 0 Å². The standard InChI is InChI=1S/C11H13Cl2N/c1-8-10(14)6-5-9(11(8)13)4-2-3-7-12/h2,4-6H,3,7,14H2,1H3. The normalized spacial score (nSPS) is 11.1. The average Bonchev–Trinajstić information content (AvgIpc) is 2.18. The Morgan fingerprint density at radius 2 is 2.14 bits per heavy atom. The van der Waals surface area contributed by atoms with Gasteiger partial charge in [0.2, 0.25) is 0 Å². The van der Waals surface area contributed by atoms with Crippen LogP contribution in [0.5, 0.6) is 0 Å². The molecule has 0 bridgehead atoms. The molecule has 14 heavy (non-hydrogen) atoms. The highest BCUT2D eigenvalue weighted by Crippen LogP contribution is 2.26. The summed E-state index contributed by atoms with van der Waals surface area (Å²) < 4.78 is 0. The van der Waals surface area contributed by atoms with Crippen molar-refractivity contribution in [2.24, 2.45) is 0 Å². The van der Waals surface area contributed by atoms with Crippen LogP contribution < -0.4 is 5.73 Å². The summed E-state index contributed by atoms with van der Waals surface area (Å²) in [6, 6.07) is 3.77. The molecule has 1 aromatic carbocycles. The molecule has 0 unspecified atom stereocenters. The molecular weight excluding hydrogens is 217 g/mol. The molecule has 0 aliphatic rings. The molecule has 0 fully saturated rings. The van der Waals surface area contributed by atoms with Gasteiger partial charge in [-0.25, -0.2) is 0 Å². The molecule has 0 spiro atoms. The third kappa shape index (κ3) is 2.66. The van der Waals surface area contributed by atoms with E-state index < -0.39 is 0 Å². The Morgan fingerprint density at radius 3 is 2.79 bits per heavy atom. The monoisotopic (exact) mass is 229 g/mol. The van der Waals surface area contributed by atoms with Crippen LogP contribution in [-0.2, 0) is 0 Å². The quantitative estimate of drug-likeness (QED) is 0.619. The number of alkyl halides is 1. The molecule has 0 heterocycles. The largest absolute Gasteiger partial charge is 0.398 e. The molecular formula is C11H13Cl2N. The molecule has 0 aromatic heterocycles. The van der Waals surface area contributed by atoms with Gasteiger partial charge in [-0.3, -0.25) is 0 Å². The van der Waals surface area contributed by atoms with E-state index in [-0.39, 0.29) is 0 Å². The number of hydrogen-bond donors (Lipinski definition) is 1. The maximum Gasteiger partial charge on any atom is 0.0527 e. The molecule has 0 aliphatic heterocycles. The Hall–Kier alpha value is -0.660. The van der Waals surface area contributed by atoms with Crippen LogP contribution in [-0.4, -0.2) is 5.88 Å². The second-order valence-corrected chi connectivity index (χ2v) is 3.82. The first-order valence-corrected chi connectivity index (χ1v) is 5.35. The summed E-state index contributed by atoms with van der Waals surface area (Å²) in [6.45, 7) is 1.91. The van der Waals surface area contributed by atoms with Gasteiger partial charge in [0.05, 0.1) is 5.02 Å². The maximum atomic E-state index is 6.11. The highest BCUT2D eigenvalue weighted by molar-refractivity contribution is 6.33. The van der Waals surface area contributed by atoms with Gasteiger partial charge >= 0.3 is 0 Å². The summed E-state index contributed by atoms with van der Waals surface area (Å²) in [6.07, 6.45) is 4.82. The molecule has 1 rings (SSSR count). The molecule has 0 amide bonds. The number of allylic oxidation sites excluding steroid dienone is 1. The minimum Gasteiger partial charge on any atom is -0.398 e. The number of benzene rings is 1. The van der Waals surface area contributed by atoms with E-state index in [4.69, 9.17) is 28.9 Å². The van der Waals surface area contributed by atoms with Crippen molar-refractivity contribution in [3.8, 4) is 0 Å². The van der Waals surface area contributed by atoms with Crippen LogP contribution in [0, 0.1) is 6.92 Å². The number of rotatable bonds is 3. The number of halogens is 2. The molecule has 0 saturated carbocycles. The van der Waals surface area contributed by atoms with Crippen LogP contribution in [0.2, 0.25) is 5.02 Å². The van der Waals surface area contributed by atoms with Crippen molar-refractivity contribution in [2.75, 3.05) is 11.6 Å². The van der Waals surface area contributed by atoms with Crippen molar-refractivity contribution in [2.45, 2.75) is 13.3 Å². The van der Waals surface area contributed by atoms with Crippen molar-refractivity contribution in [1.82, 2.24) is 0 Å². The highest BCUT2D eigenvalue weighted by Gasteiger charge is 2.02. The van der Waals surface area contributed by atoms with E-state index in [2.05, 4.69) is 0 Å². The fourth-order valence-corrected chi connectivity index (χ4v) is 1.48. The molecule has 0 saturated heterocycles. The maximum absolute atomic E-state index is 6.11. The van der Waals surface area contributed by atoms with Gasteiger partial charge in [-0.1, -0.05) is 29.8 Å². The SMILES string of the molecule is Cc1c(N)ccc(C=CCCCl)c1Cl. The molecule has 0 atom stereocenters. The molecule has 0 aliphatic carbocycles. The second kappa shape index (κ2) is 5.28. The fraction of sp³-hybridized carbons (Fsp3) is 0.273. The van der Waals surface area contributed by atoms with Gasteiger partial charge in [0.25, 0.3) is 0 Å². The third-order valence-electron chi connectivity index (χ3n) is 2.03. The smallest absolute Gasteiger partial charge is 0.0527 e. The highest BCUT2D eigenvalue weighted by atomic mass is 35.5. The van der Waals surface area contributed by atoms with E-state index in [0.29, 0.717) is 5.88 Å². The van der Waals surface area contributed by atoms with E-state index in [9.17, 15) is 0 Å². The third-order valence-corrected chi connectivity index (χ3v) is 2.75. The summed E-state index contributed by atoms with van der Waals surface area (Å²) in [5, 5.41) is 0.718. The number of nitrogens with two attached hydrogens (primary N) is 1. The minimum atomic E-state index is 0.627. The summed E-state index contributed by atoms with van der Waals surface area (Å²) in [7, 11) is 0. The molecule has 3 heteroatoms.